The van der Waals surface area contributed by atoms with E-state index in [9.17, 15) is 4.79 Å². The smallest absolute Gasteiger partial charge is 0.230 e. The molecule has 1 amide bonds. The summed E-state index contributed by atoms with van der Waals surface area (Å²) in [5.41, 5.74) is -0.0796. The lowest BCUT2D eigenvalue weighted by molar-refractivity contribution is -0.141. The standard InChI is InChI=1S/C13H24N2OS/c1-2-4-13(5-6-14-11-13)12(16)15-7-3-9-17-10-8-15/h14H,2-11H2,1H3. The van der Waals surface area contributed by atoms with Gasteiger partial charge in [-0.3, -0.25) is 4.79 Å². The van der Waals surface area contributed by atoms with E-state index in [0.717, 1.165) is 57.6 Å². The van der Waals surface area contributed by atoms with Crippen LogP contribution >= 0.6 is 11.8 Å². The average molecular weight is 256 g/mol. The highest BCUT2D eigenvalue weighted by Gasteiger charge is 2.42. The Labute approximate surface area is 109 Å². The Hall–Kier alpha value is -0.220. The van der Waals surface area contributed by atoms with E-state index in [-0.39, 0.29) is 5.41 Å². The minimum atomic E-state index is -0.0796. The lowest BCUT2D eigenvalue weighted by Crippen LogP contribution is -2.46. The zero-order chi connectivity index (χ0) is 12.1. The number of hydrogen-bond donors (Lipinski definition) is 1. The van der Waals surface area contributed by atoms with Gasteiger partial charge in [-0.05, 0) is 31.6 Å². The summed E-state index contributed by atoms with van der Waals surface area (Å²) < 4.78 is 0. The van der Waals surface area contributed by atoms with Gasteiger partial charge in [-0.2, -0.15) is 11.8 Å². The molecule has 2 rings (SSSR count). The molecule has 2 fully saturated rings. The predicted octanol–water partition coefficient (Wildman–Crippen LogP) is 1.73. The second kappa shape index (κ2) is 6.10. The van der Waals surface area contributed by atoms with Crippen molar-refractivity contribution in [2.75, 3.05) is 37.7 Å². The Morgan fingerprint density at radius 3 is 3.00 bits per heavy atom. The minimum Gasteiger partial charge on any atom is -0.341 e. The second-order valence-electron chi connectivity index (χ2n) is 5.22. The largest absolute Gasteiger partial charge is 0.341 e. The molecule has 2 saturated heterocycles. The summed E-state index contributed by atoms with van der Waals surface area (Å²) in [5, 5.41) is 3.38. The van der Waals surface area contributed by atoms with Gasteiger partial charge in [-0.1, -0.05) is 13.3 Å². The van der Waals surface area contributed by atoms with Crippen LogP contribution in [0.4, 0.5) is 0 Å². The molecule has 0 radical (unpaired) electrons. The molecule has 2 heterocycles. The van der Waals surface area contributed by atoms with Crippen molar-refractivity contribution in [2.45, 2.75) is 32.6 Å². The van der Waals surface area contributed by atoms with Crippen LogP contribution in [0, 0.1) is 5.41 Å². The van der Waals surface area contributed by atoms with E-state index in [1.54, 1.807) is 0 Å². The second-order valence-corrected chi connectivity index (χ2v) is 6.44. The molecule has 0 bridgehead atoms. The Bertz CT molecular complexity index is 256. The first-order chi connectivity index (χ1) is 8.28. The van der Waals surface area contributed by atoms with E-state index in [0.29, 0.717) is 5.91 Å². The van der Waals surface area contributed by atoms with Crippen molar-refractivity contribution < 1.29 is 4.79 Å². The number of thioether (sulfide) groups is 1. The van der Waals surface area contributed by atoms with Crippen molar-refractivity contribution in [3.05, 3.63) is 0 Å². The highest BCUT2D eigenvalue weighted by molar-refractivity contribution is 7.99. The van der Waals surface area contributed by atoms with E-state index in [1.165, 1.54) is 5.75 Å². The first kappa shape index (κ1) is 13.2. The number of nitrogens with zero attached hydrogens (tertiary/aromatic N) is 1. The normalized spacial score (nSPS) is 30.3. The third-order valence-electron chi connectivity index (χ3n) is 3.94. The third kappa shape index (κ3) is 2.97. The lowest BCUT2D eigenvalue weighted by Gasteiger charge is -2.33. The zero-order valence-corrected chi connectivity index (χ0v) is 11.7. The van der Waals surface area contributed by atoms with E-state index >= 15 is 0 Å². The first-order valence-electron chi connectivity index (χ1n) is 6.86. The van der Waals surface area contributed by atoms with Gasteiger partial charge in [-0.25, -0.2) is 0 Å². The quantitative estimate of drug-likeness (QED) is 0.834. The fourth-order valence-corrected chi connectivity index (χ4v) is 3.90. The third-order valence-corrected chi connectivity index (χ3v) is 4.98. The summed E-state index contributed by atoms with van der Waals surface area (Å²) in [7, 11) is 0. The van der Waals surface area contributed by atoms with Crippen molar-refractivity contribution in [2.24, 2.45) is 5.41 Å². The molecule has 4 heteroatoms. The molecular formula is C13H24N2OS. The molecule has 1 N–H and O–H groups in total. The fourth-order valence-electron chi connectivity index (χ4n) is 3.01. The summed E-state index contributed by atoms with van der Waals surface area (Å²) in [6.07, 6.45) is 4.34. The maximum Gasteiger partial charge on any atom is 0.230 e. The van der Waals surface area contributed by atoms with Gasteiger partial charge in [0.15, 0.2) is 0 Å². The van der Waals surface area contributed by atoms with Crippen LogP contribution in [0.2, 0.25) is 0 Å². The number of amides is 1. The maximum absolute atomic E-state index is 12.7. The molecule has 1 atom stereocenters. The molecule has 0 aromatic rings. The van der Waals surface area contributed by atoms with Crippen molar-refractivity contribution in [3.63, 3.8) is 0 Å². The molecule has 0 saturated carbocycles. The van der Waals surface area contributed by atoms with Crippen molar-refractivity contribution in [3.8, 4) is 0 Å². The number of rotatable bonds is 3. The number of hydrogen-bond acceptors (Lipinski definition) is 3. The van der Waals surface area contributed by atoms with Crippen LogP contribution in [-0.4, -0.2) is 48.5 Å². The highest BCUT2D eigenvalue weighted by atomic mass is 32.2. The van der Waals surface area contributed by atoms with Gasteiger partial charge in [0.25, 0.3) is 0 Å². The predicted molar refractivity (Wildman–Crippen MR) is 73.3 cm³/mol. The van der Waals surface area contributed by atoms with Crippen molar-refractivity contribution in [1.29, 1.82) is 0 Å². The summed E-state index contributed by atoms with van der Waals surface area (Å²) in [4.78, 5) is 14.9. The molecule has 98 valence electrons. The molecule has 1 unspecified atom stereocenters. The van der Waals surface area contributed by atoms with Crippen LogP contribution in [0.1, 0.15) is 32.6 Å². The van der Waals surface area contributed by atoms with Crippen LogP contribution in [-0.2, 0) is 4.79 Å². The maximum atomic E-state index is 12.7. The van der Waals surface area contributed by atoms with Gasteiger partial charge in [0.2, 0.25) is 5.91 Å². The Morgan fingerprint density at radius 1 is 1.41 bits per heavy atom. The monoisotopic (exact) mass is 256 g/mol. The molecule has 3 nitrogen and oxygen atoms in total. The minimum absolute atomic E-state index is 0.0796. The van der Waals surface area contributed by atoms with Crippen LogP contribution in [0.25, 0.3) is 0 Å². The summed E-state index contributed by atoms with van der Waals surface area (Å²) in [6, 6.07) is 0. The van der Waals surface area contributed by atoms with Gasteiger partial charge < -0.3 is 10.2 Å². The summed E-state index contributed by atoms with van der Waals surface area (Å²) >= 11 is 1.98. The SMILES string of the molecule is CCCC1(C(=O)N2CCCSCC2)CCNC1. The van der Waals surface area contributed by atoms with E-state index in [2.05, 4.69) is 17.1 Å². The van der Waals surface area contributed by atoms with Crippen LogP contribution in [0.3, 0.4) is 0 Å². The highest BCUT2D eigenvalue weighted by Crippen LogP contribution is 2.33. The molecule has 0 aliphatic carbocycles. The molecule has 2 aliphatic heterocycles. The van der Waals surface area contributed by atoms with Gasteiger partial charge in [0.1, 0.15) is 0 Å². The van der Waals surface area contributed by atoms with Crippen LogP contribution < -0.4 is 5.32 Å². The van der Waals surface area contributed by atoms with E-state index in [4.69, 9.17) is 0 Å². The van der Waals surface area contributed by atoms with Crippen LogP contribution in [0.5, 0.6) is 0 Å². The molecule has 0 aromatic carbocycles. The van der Waals surface area contributed by atoms with Crippen molar-refractivity contribution in [1.82, 2.24) is 10.2 Å². The zero-order valence-electron chi connectivity index (χ0n) is 10.8. The molecule has 17 heavy (non-hydrogen) atoms. The summed E-state index contributed by atoms with van der Waals surface area (Å²) in [5.74, 6) is 2.75. The van der Waals surface area contributed by atoms with E-state index < -0.39 is 0 Å². The number of nitrogens with one attached hydrogen (secondary N) is 1. The first-order valence-corrected chi connectivity index (χ1v) is 8.02. The number of carbonyl (C=O) groups excluding carboxylic acids is 1. The lowest BCUT2D eigenvalue weighted by atomic mass is 9.81. The molecular weight excluding hydrogens is 232 g/mol. The van der Waals surface area contributed by atoms with Gasteiger partial charge in [0.05, 0.1) is 5.41 Å². The number of carbonyl (C=O) groups is 1. The van der Waals surface area contributed by atoms with E-state index in [1.807, 2.05) is 11.8 Å². The van der Waals surface area contributed by atoms with Gasteiger partial charge in [0, 0.05) is 25.4 Å². The van der Waals surface area contributed by atoms with Crippen LogP contribution in [0.15, 0.2) is 0 Å². The Kier molecular flexibility index (Phi) is 4.74. The molecule has 2 aliphatic rings. The van der Waals surface area contributed by atoms with Gasteiger partial charge >= 0.3 is 0 Å². The molecule has 0 spiro atoms. The Morgan fingerprint density at radius 2 is 2.29 bits per heavy atom. The fraction of sp³-hybridized carbons (Fsp3) is 0.923. The molecule has 0 aromatic heterocycles. The Balaban J connectivity index is 2.04. The van der Waals surface area contributed by atoms with Gasteiger partial charge in [-0.15, -0.1) is 0 Å². The summed E-state index contributed by atoms with van der Waals surface area (Å²) in [6.45, 7) is 6.01. The van der Waals surface area contributed by atoms with Crippen molar-refractivity contribution >= 4 is 17.7 Å². The average Bonchev–Trinajstić information content (AvgIpc) is 2.65. The topological polar surface area (TPSA) is 32.3 Å².